The lowest BCUT2D eigenvalue weighted by Crippen LogP contribution is -2.49. The highest BCUT2D eigenvalue weighted by Gasteiger charge is 2.28. The first-order chi connectivity index (χ1) is 14.4. The third kappa shape index (κ3) is 6.90. The predicted molar refractivity (Wildman–Crippen MR) is 124 cm³/mol. The minimum atomic E-state index is -0.581. The molecule has 0 heterocycles. The molecule has 0 bridgehead atoms. The summed E-state index contributed by atoms with van der Waals surface area (Å²) in [5.74, 6) is -0.282. The Hall–Kier alpha value is -1.75. The largest absolute Gasteiger partial charge is 0.354 e. The summed E-state index contributed by atoms with van der Waals surface area (Å²) in [6, 6.07) is 12.0. The summed E-state index contributed by atoms with van der Waals surface area (Å²) in [6.07, 6.45) is 2.06. The van der Waals surface area contributed by atoms with Crippen LogP contribution in [0, 0.1) is 0 Å². The van der Waals surface area contributed by atoms with Crippen LogP contribution in [0.3, 0.4) is 0 Å². The standard InChI is InChI=1S/C23H27Cl3N2O2/c1-3-13-27-23(30)21(4-2)28(15-17-9-11-18(24)14-20(17)26)22(29)12-10-16-7-5-6-8-19(16)25/h5-9,11,14,21H,3-4,10,12-13,15H2,1-2H3,(H,27,30)/t21-/m1/s1. The predicted octanol–water partition coefficient (Wildman–Crippen LogP) is 5.91. The molecule has 0 aliphatic heterocycles. The zero-order valence-electron chi connectivity index (χ0n) is 17.3. The maximum Gasteiger partial charge on any atom is 0.242 e. The number of nitrogens with zero attached hydrogens (tertiary/aromatic N) is 1. The number of hydrogen-bond acceptors (Lipinski definition) is 2. The van der Waals surface area contributed by atoms with Gasteiger partial charge in [0.2, 0.25) is 11.8 Å². The number of benzene rings is 2. The summed E-state index contributed by atoms with van der Waals surface area (Å²) in [6.45, 7) is 4.68. The number of rotatable bonds is 10. The van der Waals surface area contributed by atoms with Crippen molar-refractivity contribution in [1.29, 1.82) is 0 Å². The molecule has 0 aliphatic carbocycles. The van der Waals surface area contributed by atoms with Crippen LogP contribution in [0.5, 0.6) is 0 Å². The van der Waals surface area contributed by atoms with Gasteiger partial charge in [0, 0.05) is 34.6 Å². The third-order valence-corrected chi connectivity index (χ3v) is 5.81. The van der Waals surface area contributed by atoms with Crippen LogP contribution in [-0.4, -0.2) is 29.3 Å². The summed E-state index contributed by atoms with van der Waals surface area (Å²) in [7, 11) is 0. The quantitative estimate of drug-likeness (QED) is 0.470. The zero-order chi connectivity index (χ0) is 22.1. The summed E-state index contributed by atoms with van der Waals surface area (Å²) >= 11 is 18.6. The van der Waals surface area contributed by atoms with Crippen molar-refractivity contribution in [2.45, 2.75) is 52.1 Å². The van der Waals surface area contributed by atoms with Crippen molar-refractivity contribution < 1.29 is 9.59 Å². The monoisotopic (exact) mass is 468 g/mol. The van der Waals surface area contributed by atoms with E-state index in [1.165, 1.54) is 0 Å². The lowest BCUT2D eigenvalue weighted by atomic mass is 10.1. The molecule has 0 fully saturated rings. The molecular formula is C23H27Cl3N2O2. The van der Waals surface area contributed by atoms with Crippen molar-refractivity contribution in [2.24, 2.45) is 0 Å². The molecule has 0 aliphatic rings. The van der Waals surface area contributed by atoms with Crippen molar-refractivity contribution in [3.05, 3.63) is 68.7 Å². The Bertz CT molecular complexity index is 873. The van der Waals surface area contributed by atoms with Gasteiger partial charge in [0.15, 0.2) is 0 Å². The first kappa shape index (κ1) is 24.5. The number of nitrogens with one attached hydrogen (secondary N) is 1. The molecule has 1 atom stereocenters. The summed E-state index contributed by atoms with van der Waals surface area (Å²) < 4.78 is 0. The molecule has 0 saturated heterocycles. The number of amides is 2. The number of halogens is 3. The molecule has 2 aromatic carbocycles. The molecule has 0 unspecified atom stereocenters. The molecule has 2 aromatic rings. The highest BCUT2D eigenvalue weighted by Crippen LogP contribution is 2.25. The molecule has 30 heavy (non-hydrogen) atoms. The molecule has 2 rings (SSSR count). The topological polar surface area (TPSA) is 49.4 Å². The summed E-state index contributed by atoms with van der Waals surface area (Å²) in [5.41, 5.74) is 1.65. The van der Waals surface area contributed by atoms with Crippen LogP contribution in [0.1, 0.15) is 44.2 Å². The van der Waals surface area contributed by atoms with Gasteiger partial charge in [-0.05, 0) is 48.6 Å². The van der Waals surface area contributed by atoms with Gasteiger partial charge in [-0.2, -0.15) is 0 Å². The van der Waals surface area contributed by atoms with E-state index in [1.54, 1.807) is 29.2 Å². The zero-order valence-corrected chi connectivity index (χ0v) is 19.5. The van der Waals surface area contributed by atoms with Crippen molar-refractivity contribution in [3.63, 3.8) is 0 Å². The van der Waals surface area contributed by atoms with Gasteiger partial charge in [0.25, 0.3) is 0 Å². The Labute approximate surface area is 193 Å². The van der Waals surface area contributed by atoms with Gasteiger partial charge in [-0.1, -0.05) is 72.9 Å². The fourth-order valence-electron chi connectivity index (χ4n) is 3.21. The van der Waals surface area contributed by atoms with Crippen LogP contribution in [-0.2, 0) is 22.6 Å². The molecule has 4 nitrogen and oxygen atoms in total. The fraction of sp³-hybridized carbons (Fsp3) is 0.391. The van der Waals surface area contributed by atoms with Crippen LogP contribution in [0.2, 0.25) is 15.1 Å². The normalized spacial score (nSPS) is 11.8. The molecule has 2 amide bonds. The molecule has 1 N–H and O–H groups in total. The Morgan fingerprint density at radius 2 is 1.73 bits per heavy atom. The van der Waals surface area contributed by atoms with Gasteiger partial charge < -0.3 is 10.2 Å². The van der Waals surface area contributed by atoms with Crippen LogP contribution in [0.15, 0.2) is 42.5 Å². The number of hydrogen-bond donors (Lipinski definition) is 1. The maximum absolute atomic E-state index is 13.2. The number of carbonyl (C=O) groups is 2. The van der Waals surface area contributed by atoms with Gasteiger partial charge in [0.1, 0.15) is 6.04 Å². The van der Waals surface area contributed by atoms with E-state index in [9.17, 15) is 9.59 Å². The second-order valence-electron chi connectivity index (χ2n) is 7.06. The highest BCUT2D eigenvalue weighted by molar-refractivity contribution is 6.35. The Kier molecular flexibility index (Phi) is 9.96. The molecule has 0 radical (unpaired) electrons. The van der Waals surface area contributed by atoms with Crippen molar-refractivity contribution in [3.8, 4) is 0 Å². The second-order valence-corrected chi connectivity index (χ2v) is 8.31. The summed E-state index contributed by atoms with van der Waals surface area (Å²) in [4.78, 5) is 27.6. The first-order valence-electron chi connectivity index (χ1n) is 10.1. The van der Waals surface area contributed by atoms with Gasteiger partial charge in [-0.25, -0.2) is 0 Å². The van der Waals surface area contributed by atoms with Crippen LogP contribution < -0.4 is 5.32 Å². The van der Waals surface area contributed by atoms with Crippen molar-refractivity contribution >= 4 is 46.6 Å². The molecule has 0 saturated carbocycles. The minimum absolute atomic E-state index is 0.126. The van der Waals surface area contributed by atoms with Gasteiger partial charge >= 0.3 is 0 Å². The van der Waals surface area contributed by atoms with E-state index in [0.29, 0.717) is 34.5 Å². The van der Waals surface area contributed by atoms with E-state index >= 15 is 0 Å². The van der Waals surface area contributed by atoms with Gasteiger partial charge in [0.05, 0.1) is 0 Å². The van der Waals surface area contributed by atoms with E-state index in [2.05, 4.69) is 5.32 Å². The average molecular weight is 470 g/mol. The average Bonchev–Trinajstić information content (AvgIpc) is 2.72. The van der Waals surface area contributed by atoms with Gasteiger partial charge in [-0.15, -0.1) is 0 Å². The van der Waals surface area contributed by atoms with Crippen LogP contribution >= 0.6 is 34.8 Å². The second kappa shape index (κ2) is 12.2. The Morgan fingerprint density at radius 1 is 1.00 bits per heavy atom. The smallest absolute Gasteiger partial charge is 0.242 e. The molecule has 0 aromatic heterocycles. The Morgan fingerprint density at radius 3 is 2.37 bits per heavy atom. The summed E-state index contributed by atoms with van der Waals surface area (Å²) in [5, 5.41) is 4.52. The van der Waals surface area contributed by atoms with Crippen LogP contribution in [0.25, 0.3) is 0 Å². The van der Waals surface area contributed by atoms with E-state index in [1.807, 2.05) is 32.0 Å². The van der Waals surface area contributed by atoms with Crippen molar-refractivity contribution in [2.75, 3.05) is 6.54 Å². The SMILES string of the molecule is CCCNC(=O)[C@@H](CC)N(Cc1ccc(Cl)cc1Cl)C(=O)CCc1ccccc1Cl. The molecular weight excluding hydrogens is 443 g/mol. The first-order valence-corrected chi connectivity index (χ1v) is 11.2. The third-order valence-electron chi connectivity index (χ3n) is 4.86. The number of carbonyl (C=O) groups excluding carboxylic acids is 2. The van der Waals surface area contributed by atoms with Gasteiger partial charge in [-0.3, -0.25) is 9.59 Å². The van der Waals surface area contributed by atoms with E-state index in [4.69, 9.17) is 34.8 Å². The van der Waals surface area contributed by atoms with Crippen LogP contribution in [0.4, 0.5) is 0 Å². The van der Waals surface area contributed by atoms with E-state index in [0.717, 1.165) is 17.5 Å². The van der Waals surface area contributed by atoms with E-state index < -0.39 is 6.04 Å². The minimum Gasteiger partial charge on any atom is -0.354 e. The fourth-order valence-corrected chi connectivity index (χ4v) is 3.90. The van der Waals surface area contributed by atoms with E-state index in [-0.39, 0.29) is 24.8 Å². The molecule has 0 spiro atoms. The highest BCUT2D eigenvalue weighted by atomic mass is 35.5. The lowest BCUT2D eigenvalue weighted by molar-refractivity contribution is -0.141. The van der Waals surface area contributed by atoms with Crippen molar-refractivity contribution in [1.82, 2.24) is 10.2 Å². The Balaban J connectivity index is 2.25. The molecule has 162 valence electrons. The lowest BCUT2D eigenvalue weighted by Gasteiger charge is -2.31. The molecule has 7 heteroatoms. The number of aryl methyl sites for hydroxylation is 1. The maximum atomic E-state index is 13.2.